The van der Waals surface area contributed by atoms with Gasteiger partial charge in [0.15, 0.2) is 0 Å². The molecule has 0 bridgehead atoms. The third kappa shape index (κ3) is 5.10. The fourth-order valence-corrected chi connectivity index (χ4v) is 5.56. The number of nitrogens with zero attached hydrogens (tertiary/aromatic N) is 2. The van der Waals surface area contributed by atoms with Crippen LogP contribution < -0.4 is 0 Å². The predicted octanol–water partition coefficient (Wildman–Crippen LogP) is 6.07. The monoisotopic (exact) mass is 474 g/mol. The van der Waals surface area contributed by atoms with Crippen molar-refractivity contribution in [2.45, 2.75) is 52.0 Å². The summed E-state index contributed by atoms with van der Waals surface area (Å²) < 4.78 is 0. The summed E-state index contributed by atoms with van der Waals surface area (Å²) in [6.45, 7) is 9.83. The highest BCUT2D eigenvalue weighted by Crippen LogP contribution is 2.37. The molecule has 5 heteroatoms. The van der Waals surface area contributed by atoms with E-state index in [1.54, 1.807) is 16.2 Å². The Hall–Kier alpha value is -2.92. The minimum absolute atomic E-state index is 0.00110. The molecule has 0 N–H and O–H groups in total. The van der Waals surface area contributed by atoms with Gasteiger partial charge < -0.3 is 9.80 Å². The number of benzene rings is 2. The van der Waals surface area contributed by atoms with Gasteiger partial charge in [0.25, 0.3) is 5.91 Å². The van der Waals surface area contributed by atoms with E-state index in [4.69, 9.17) is 0 Å². The molecule has 0 saturated carbocycles. The van der Waals surface area contributed by atoms with Crippen molar-refractivity contribution < 1.29 is 9.59 Å². The number of carbonyl (C=O) groups excluding carboxylic acids is 2. The zero-order valence-corrected chi connectivity index (χ0v) is 21.4. The van der Waals surface area contributed by atoms with Crippen LogP contribution in [0.3, 0.4) is 0 Å². The van der Waals surface area contributed by atoms with Crippen molar-refractivity contribution in [1.82, 2.24) is 9.80 Å². The largest absolute Gasteiger partial charge is 0.330 e. The number of hydrogen-bond acceptors (Lipinski definition) is 3. The Kier molecular flexibility index (Phi) is 7.22. The van der Waals surface area contributed by atoms with Crippen LogP contribution in [0.25, 0.3) is 0 Å². The van der Waals surface area contributed by atoms with Gasteiger partial charge in [0.1, 0.15) is 6.54 Å². The second-order valence-corrected chi connectivity index (χ2v) is 11.0. The summed E-state index contributed by atoms with van der Waals surface area (Å²) in [5.41, 5.74) is 4.17. The van der Waals surface area contributed by atoms with Crippen LogP contribution in [0.2, 0.25) is 0 Å². The molecule has 0 spiro atoms. The Morgan fingerprint density at radius 2 is 1.74 bits per heavy atom. The fourth-order valence-electron chi connectivity index (χ4n) is 4.65. The standard InChI is InChI=1S/C29H34N2O2S/c1-5-17-30(28(33)22-11-13-23(14-12-22)29(2,3)4)20-26(32)31-18-15-25-24(16-19-34-25)27(31)21-9-7-6-8-10-21/h6-14,16,19,27H,5,15,17-18,20H2,1-4H3. The van der Waals surface area contributed by atoms with Crippen LogP contribution in [0.15, 0.2) is 66.0 Å². The van der Waals surface area contributed by atoms with E-state index in [-0.39, 0.29) is 29.8 Å². The first-order valence-corrected chi connectivity index (χ1v) is 13.0. The van der Waals surface area contributed by atoms with E-state index in [0.29, 0.717) is 18.7 Å². The minimum atomic E-state index is -0.103. The average molecular weight is 475 g/mol. The Morgan fingerprint density at radius 1 is 1.03 bits per heavy atom. The first-order chi connectivity index (χ1) is 16.3. The number of fused-ring (bicyclic) bond motifs is 1. The van der Waals surface area contributed by atoms with Crippen molar-refractivity contribution in [3.05, 3.63) is 93.2 Å². The molecule has 34 heavy (non-hydrogen) atoms. The zero-order valence-electron chi connectivity index (χ0n) is 20.6. The summed E-state index contributed by atoms with van der Waals surface area (Å²) in [5.74, 6) is -0.0843. The molecule has 1 aliphatic rings. The molecule has 1 aliphatic heterocycles. The van der Waals surface area contributed by atoms with Crippen molar-refractivity contribution in [3.8, 4) is 0 Å². The van der Waals surface area contributed by atoms with Gasteiger partial charge in [-0.25, -0.2) is 0 Å². The molecule has 2 aromatic carbocycles. The quantitative estimate of drug-likeness (QED) is 0.435. The van der Waals surface area contributed by atoms with Crippen LogP contribution in [0.1, 0.15) is 72.1 Å². The lowest BCUT2D eigenvalue weighted by atomic mass is 9.86. The Balaban J connectivity index is 1.56. The summed E-state index contributed by atoms with van der Waals surface area (Å²) in [5, 5.41) is 2.11. The van der Waals surface area contributed by atoms with Gasteiger partial charge in [0, 0.05) is 23.5 Å². The third-order valence-electron chi connectivity index (χ3n) is 6.51. The van der Waals surface area contributed by atoms with Crippen molar-refractivity contribution in [3.63, 3.8) is 0 Å². The molecule has 4 nitrogen and oxygen atoms in total. The van der Waals surface area contributed by atoms with Crippen molar-refractivity contribution in [1.29, 1.82) is 0 Å². The van der Waals surface area contributed by atoms with Gasteiger partial charge in [-0.3, -0.25) is 9.59 Å². The van der Waals surface area contributed by atoms with Crippen LogP contribution in [0.4, 0.5) is 0 Å². The Morgan fingerprint density at radius 3 is 2.38 bits per heavy atom. The van der Waals surface area contributed by atoms with Gasteiger partial charge in [-0.05, 0) is 58.5 Å². The van der Waals surface area contributed by atoms with E-state index in [1.165, 1.54) is 16.0 Å². The van der Waals surface area contributed by atoms with Crippen LogP contribution in [0, 0.1) is 0 Å². The zero-order chi connectivity index (χ0) is 24.3. The smallest absolute Gasteiger partial charge is 0.254 e. The van der Waals surface area contributed by atoms with Crippen molar-refractivity contribution in [2.24, 2.45) is 0 Å². The molecule has 0 saturated heterocycles. The van der Waals surface area contributed by atoms with Gasteiger partial charge in [-0.15, -0.1) is 11.3 Å². The molecule has 2 amide bonds. The van der Waals surface area contributed by atoms with Crippen LogP contribution in [0.5, 0.6) is 0 Å². The molecule has 1 atom stereocenters. The summed E-state index contributed by atoms with van der Waals surface area (Å²) in [4.78, 5) is 32.0. The number of thiophene rings is 1. The molecular weight excluding hydrogens is 440 g/mol. The van der Waals surface area contributed by atoms with Crippen LogP contribution in [-0.4, -0.2) is 41.2 Å². The molecule has 178 valence electrons. The molecule has 0 radical (unpaired) electrons. The maximum atomic E-state index is 13.7. The van der Waals surface area contributed by atoms with E-state index < -0.39 is 0 Å². The van der Waals surface area contributed by atoms with E-state index in [0.717, 1.165) is 18.4 Å². The SMILES string of the molecule is CCCN(CC(=O)N1CCc2sccc2C1c1ccccc1)C(=O)c1ccc(C(C)(C)C)cc1. The number of amides is 2. The first kappa shape index (κ1) is 24.2. The van der Waals surface area contributed by atoms with Gasteiger partial charge >= 0.3 is 0 Å². The average Bonchev–Trinajstić information content (AvgIpc) is 3.31. The van der Waals surface area contributed by atoms with Gasteiger partial charge in [0.2, 0.25) is 5.91 Å². The lowest BCUT2D eigenvalue weighted by Gasteiger charge is -2.37. The van der Waals surface area contributed by atoms with Crippen LogP contribution >= 0.6 is 11.3 Å². The summed E-state index contributed by atoms with van der Waals surface area (Å²) in [6.07, 6.45) is 1.66. The van der Waals surface area contributed by atoms with E-state index in [1.807, 2.05) is 54.3 Å². The normalized spacial score (nSPS) is 15.6. The lowest BCUT2D eigenvalue weighted by molar-refractivity contribution is -0.134. The fraction of sp³-hybridized carbons (Fsp3) is 0.379. The highest BCUT2D eigenvalue weighted by molar-refractivity contribution is 7.10. The molecule has 2 heterocycles. The summed E-state index contributed by atoms with van der Waals surface area (Å²) in [6, 6.07) is 20.1. The van der Waals surface area contributed by atoms with Crippen molar-refractivity contribution in [2.75, 3.05) is 19.6 Å². The van der Waals surface area contributed by atoms with E-state index in [2.05, 4.69) is 44.4 Å². The second-order valence-electron chi connectivity index (χ2n) is 10.0. The van der Waals surface area contributed by atoms with E-state index in [9.17, 15) is 9.59 Å². The third-order valence-corrected chi connectivity index (χ3v) is 7.50. The van der Waals surface area contributed by atoms with Crippen LogP contribution in [-0.2, 0) is 16.6 Å². The topological polar surface area (TPSA) is 40.6 Å². The summed E-state index contributed by atoms with van der Waals surface area (Å²) in [7, 11) is 0. The van der Waals surface area contributed by atoms with Crippen molar-refractivity contribution >= 4 is 23.2 Å². The van der Waals surface area contributed by atoms with Gasteiger partial charge in [0.05, 0.1) is 6.04 Å². The first-order valence-electron chi connectivity index (χ1n) is 12.1. The second kappa shape index (κ2) is 10.1. The molecule has 3 aromatic rings. The molecular formula is C29H34N2O2S. The predicted molar refractivity (Wildman–Crippen MR) is 139 cm³/mol. The number of rotatable bonds is 6. The number of carbonyl (C=O) groups is 2. The molecule has 4 rings (SSSR count). The molecule has 1 aromatic heterocycles. The minimum Gasteiger partial charge on any atom is -0.330 e. The summed E-state index contributed by atoms with van der Waals surface area (Å²) >= 11 is 1.76. The molecule has 1 unspecified atom stereocenters. The van der Waals surface area contributed by atoms with E-state index >= 15 is 0 Å². The lowest BCUT2D eigenvalue weighted by Crippen LogP contribution is -2.47. The maximum Gasteiger partial charge on any atom is 0.254 e. The van der Waals surface area contributed by atoms with Gasteiger partial charge in [-0.1, -0.05) is 70.2 Å². The Bertz CT molecular complexity index is 1130. The molecule has 0 fully saturated rings. The number of hydrogen-bond donors (Lipinski definition) is 0. The Labute approximate surface area is 207 Å². The van der Waals surface area contributed by atoms with Gasteiger partial charge in [-0.2, -0.15) is 0 Å². The molecule has 0 aliphatic carbocycles. The maximum absolute atomic E-state index is 13.7. The highest BCUT2D eigenvalue weighted by Gasteiger charge is 2.34. The highest BCUT2D eigenvalue weighted by atomic mass is 32.1.